The molecular formula is C51H41N2O+. The average molecular weight is 703 g/mol. The fraction of sp³-hybridized carbons (Fsp3) is 0.118. The number of aromatic nitrogens is 2. The van der Waals surface area contributed by atoms with Crippen LogP contribution in [0.3, 0.4) is 0 Å². The van der Waals surface area contributed by atoms with Crippen LogP contribution in [0.2, 0.25) is 0 Å². The number of aromatic amines is 1. The van der Waals surface area contributed by atoms with Gasteiger partial charge < -0.3 is 4.42 Å². The maximum atomic E-state index is 8.81. The first kappa shape index (κ1) is 27.2. The Balaban J connectivity index is 1.25. The molecule has 0 aliphatic heterocycles. The molecule has 0 spiro atoms. The van der Waals surface area contributed by atoms with Crippen LogP contribution in [0.1, 0.15) is 57.5 Å². The van der Waals surface area contributed by atoms with Gasteiger partial charge in [-0.05, 0) is 104 Å². The summed E-state index contributed by atoms with van der Waals surface area (Å²) in [5.74, 6) is 1.39. The topological polar surface area (TPSA) is 32.8 Å². The Morgan fingerprint density at radius 3 is 2.00 bits per heavy atom. The van der Waals surface area contributed by atoms with E-state index in [1.165, 1.54) is 27.9 Å². The van der Waals surface area contributed by atoms with Crippen LogP contribution >= 0.6 is 0 Å². The number of H-pyrrole nitrogens is 1. The van der Waals surface area contributed by atoms with Gasteiger partial charge in [0.15, 0.2) is 16.6 Å². The van der Waals surface area contributed by atoms with Crippen LogP contribution < -0.4 is 4.57 Å². The molecule has 8 aromatic carbocycles. The molecule has 2 heterocycles. The summed E-state index contributed by atoms with van der Waals surface area (Å²) in [4.78, 5) is 3.82. The van der Waals surface area contributed by atoms with Crippen molar-refractivity contribution in [3.63, 3.8) is 0 Å². The van der Waals surface area contributed by atoms with Crippen molar-refractivity contribution in [2.45, 2.75) is 39.5 Å². The first-order valence-electron chi connectivity index (χ1n) is 21.2. The molecule has 0 saturated heterocycles. The molecule has 0 bridgehead atoms. The second-order valence-electron chi connectivity index (χ2n) is 14.8. The molecular weight excluding hydrogens is 657 g/mol. The molecule has 10 rings (SSSR count). The van der Waals surface area contributed by atoms with Gasteiger partial charge in [-0.3, -0.25) is 0 Å². The van der Waals surface area contributed by atoms with E-state index in [1.807, 2.05) is 36.4 Å². The van der Waals surface area contributed by atoms with Crippen LogP contribution in [-0.2, 0) is 0 Å². The average Bonchev–Trinajstić information content (AvgIpc) is 3.82. The van der Waals surface area contributed by atoms with Crippen molar-refractivity contribution in [2.24, 2.45) is 0 Å². The van der Waals surface area contributed by atoms with Crippen molar-refractivity contribution in [1.82, 2.24) is 4.98 Å². The summed E-state index contributed by atoms with van der Waals surface area (Å²) in [5.41, 5.74) is 11.3. The first-order valence-corrected chi connectivity index (χ1v) is 18.7. The summed E-state index contributed by atoms with van der Waals surface area (Å²) in [6, 6.07) is 42.6. The molecule has 54 heavy (non-hydrogen) atoms. The van der Waals surface area contributed by atoms with Crippen molar-refractivity contribution in [2.75, 3.05) is 0 Å². The molecule has 3 heteroatoms. The minimum absolute atomic E-state index is 0.183. The number of nitrogens with zero attached hydrogens (tertiary/aromatic N) is 1. The Hall–Kier alpha value is -6.45. The molecule has 260 valence electrons. The summed E-state index contributed by atoms with van der Waals surface area (Å²) in [5, 5.41) is 5.52. The van der Waals surface area contributed by atoms with Crippen molar-refractivity contribution in [3.8, 4) is 39.3 Å². The maximum Gasteiger partial charge on any atom is 0.296 e. The van der Waals surface area contributed by atoms with E-state index in [0.29, 0.717) is 11.1 Å². The zero-order valence-electron chi connectivity index (χ0n) is 35.6. The van der Waals surface area contributed by atoms with Gasteiger partial charge in [-0.25, -0.2) is 4.98 Å². The Morgan fingerprint density at radius 2 is 1.24 bits per heavy atom. The summed E-state index contributed by atoms with van der Waals surface area (Å²) in [6.07, 6.45) is 0. The first-order chi connectivity index (χ1) is 28.5. The summed E-state index contributed by atoms with van der Waals surface area (Å²) < 4.78 is 52.0. The second-order valence-corrected chi connectivity index (χ2v) is 14.8. The SMILES string of the molecule is [2H]c1c([2H])c([2H])c(-c2cc3cc4oc5c(-c6[nH]c7ccccc7[n+]6-c6c(C(C)C)cc(-c7ccccc7)cc6C(C)C)cccc5c4cc3c3ccccc23)c([2H])c1[2H]. The molecule has 0 atom stereocenters. The molecule has 0 amide bonds. The van der Waals surface area contributed by atoms with Gasteiger partial charge in [-0.15, -0.1) is 0 Å². The zero-order chi connectivity index (χ0) is 40.9. The monoisotopic (exact) mass is 702 g/mol. The van der Waals surface area contributed by atoms with Gasteiger partial charge in [0.25, 0.3) is 5.82 Å². The van der Waals surface area contributed by atoms with Crippen LogP contribution in [0.4, 0.5) is 0 Å². The van der Waals surface area contributed by atoms with Gasteiger partial charge in [0.1, 0.15) is 16.8 Å². The molecule has 0 aliphatic rings. The fourth-order valence-electron chi connectivity index (χ4n) is 8.29. The minimum Gasteiger partial charge on any atom is -0.455 e. The number of hydrogen-bond acceptors (Lipinski definition) is 1. The van der Waals surface area contributed by atoms with Crippen molar-refractivity contribution >= 4 is 54.5 Å². The van der Waals surface area contributed by atoms with E-state index >= 15 is 0 Å². The van der Waals surface area contributed by atoms with Gasteiger partial charge in [-0.1, -0.05) is 137 Å². The highest BCUT2D eigenvalue weighted by Crippen LogP contribution is 2.42. The molecule has 0 radical (unpaired) electrons. The van der Waals surface area contributed by atoms with E-state index in [-0.39, 0.29) is 41.6 Å². The van der Waals surface area contributed by atoms with Crippen LogP contribution in [0, 0.1) is 0 Å². The summed E-state index contributed by atoms with van der Waals surface area (Å²) in [6.45, 7) is 9.07. The quantitative estimate of drug-likeness (QED) is 0.136. The van der Waals surface area contributed by atoms with Crippen molar-refractivity contribution < 1.29 is 15.8 Å². The van der Waals surface area contributed by atoms with Gasteiger partial charge in [0.05, 0.1) is 6.85 Å². The lowest BCUT2D eigenvalue weighted by Crippen LogP contribution is -2.35. The number of hydrogen-bond donors (Lipinski definition) is 1. The molecule has 1 N–H and O–H groups in total. The molecule has 0 aliphatic carbocycles. The number of nitrogens with one attached hydrogen (secondary N) is 1. The van der Waals surface area contributed by atoms with Gasteiger partial charge >= 0.3 is 0 Å². The second kappa shape index (κ2) is 12.6. The van der Waals surface area contributed by atoms with E-state index in [2.05, 4.69) is 128 Å². The fourth-order valence-corrected chi connectivity index (χ4v) is 8.29. The van der Waals surface area contributed by atoms with E-state index in [4.69, 9.17) is 11.3 Å². The van der Waals surface area contributed by atoms with Crippen molar-refractivity contribution in [1.29, 1.82) is 0 Å². The molecule has 0 fully saturated rings. The predicted molar refractivity (Wildman–Crippen MR) is 227 cm³/mol. The van der Waals surface area contributed by atoms with E-state index < -0.39 is 6.04 Å². The van der Waals surface area contributed by atoms with Gasteiger partial charge in [0.2, 0.25) is 0 Å². The summed E-state index contributed by atoms with van der Waals surface area (Å²) >= 11 is 0. The summed E-state index contributed by atoms with van der Waals surface area (Å²) in [7, 11) is 0. The number of fused-ring (bicyclic) bond motifs is 7. The number of imidazole rings is 1. The molecule has 3 nitrogen and oxygen atoms in total. The maximum absolute atomic E-state index is 8.81. The van der Waals surface area contributed by atoms with Gasteiger partial charge in [0, 0.05) is 21.9 Å². The highest BCUT2D eigenvalue weighted by atomic mass is 16.3. The standard InChI is InChI=1S/C51H40N2O/c1-31(2)41-26-35(33-16-7-5-8-17-33)27-42(32(3)4)49(41)53-47-25-14-13-24-46(47)52-51(53)40-23-15-22-39-45-30-44-36(29-48(45)54-50(39)40)28-43(34-18-9-6-10-19-34)37-20-11-12-21-38(37)44/h5-32H,1-4H3/p+1/i6D,9D,10D,18D,19D. The Bertz CT molecular complexity index is 3290. The Labute approximate surface area is 322 Å². The normalized spacial score (nSPS) is 13.3. The highest BCUT2D eigenvalue weighted by Gasteiger charge is 2.31. The number of furan rings is 1. The largest absolute Gasteiger partial charge is 0.455 e. The zero-order valence-corrected chi connectivity index (χ0v) is 30.6. The molecule has 10 aromatic rings. The van der Waals surface area contributed by atoms with E-state index in [9.17, 15) is 0 Å². The van der Waals surface area contributed by atoms with Crippen LogP contribution in [0.5, 0.6) is 0 Å². The third-order valence-electron chi connectivity index (χ3n) is 10.9. The Morgan fingerprint density at radius 1 is 0.556 bits per heavy atom. The highest BCUT2D eigenvalue weighted by molar-refractivity contribution is 6.20. The van der Waals surface area contributed by atoms with Crippen LogP contribution in [0.15, 0.2) is 162 Å². The van der Waals surface area contributed by atoms with Crippen LogP contribution in [-0.4, -0.2) is 4.98 Å². The minimum atomic E-state index is -0.407. The lowest BCUT2D eigenvalue weighted by molar-refractivity contribution is -0.556. The van der Waals surface area contributed by atoms with Crippen LogP contribution in [0.25, 0.3) is 93.8 Å². The third kappa shape index (κ3) is 5.07. The number of benzene rings is 8. The third-order valence-corrected chi connectivity index (χ3v) is 10.9. The number of rotatable bonds is 6. The van der Waals surface area contributed by atoms with E-state index in [0.717, 1.165) is 60.3 Å². The smallest absolute Gasteiger partial charge is 0.296 e. The lowest BCUT2D eigenvalue weighted by Gasteiger charge is -2.20. The molecule has 2 aromatic heterocycles. The van der Waals surface area contributed by atoms with Gasteiger partial charge in [-0.2, -0.15) is 4.57 Å². The molecule has 0 saturated carbocycles. The lowest BCUT2D eigenvalue weighted by atomic mass is 9.88. The predicted octanol–water partition coefficient (Wildman–Crippen LogP) is 13.9. The molecule has 0 unspecified atom stereocenters. The van der Waals surface area contributed by atoms with Crippen molar-refractivity contribution in [3.05, 3.63) is 169 Å². The number of para-hydroxylation sites is 3. The Kier molecular flexibility index (Phi) is 6.35. The van der Waals surface area contributed by atoms with E-state index in [1.54, 1.807) is 0 Å².